The van der Waals surface area contributed by atoms with E-state index < -0.39 is 11.2 Å². The molecule has 10 heteroatoms. The van der Waals surface area contributed by atoms with Crippen LogP contribution in [0.15, 0.2) is 14.3 Å². The molecule has 136 valence electrons. The molecule has 0 bridgehead atoms. The van der Waals surface area contributed by atoms with E-state index in [2.05, 4.69) is 20.9 Å². The van der Waals surface area contributed by atoms with Gasteiger partial charge in [0.25, 0.3) is 5.56 Å². The Morgan fingerprint density at radius 1 is 1.20 bits per heavy atom. The number of rotatable bonds is 2. The zero-order chi connectivity index (χ0) is 18.5. The monoisotopic (exact) mass is 413 g/mol. The van der Waals surface area contributed by atoms with Gasteiger partial charge in [0.2, 0.25) is 5.91 Å². The summed E-state index contributed by atoms with van der Waals surface area (Å²) in [5, 5.41) is 0. The lowest BCUT2D eigenvalue weighted by Crippen LogP contribution is -2.49. The molecule has 2 aromatic rings. The second kappa shape index (κ2) is 6.41. The van der Waals surface area contributed by atoms with E-state index >= 15 is 0 Å². The molecule has 0 aliphatic carbocycles. The van der Waals surface area contributed by atoms with E-state index in [1.54, 1.807) is 16.5 Å². The van der Waals surface area contributed by atoms with E-state index in [-0.39, 0.29) is 30.2 Å². The van der Waals surface area contributed by atoms with Crippen LogP contribution in [0.1, 0.15) is 13.8 Å². The summed E-state index contributed by atoms with van der Waals surface area (Å²) in [6.45, 7) is 4.84. The van der Waals surface area contributed by atoms with Crippen molar-refractivity contribution in [3.63, 3.8) is 0 Å². The van der Waals surface area contributed by atoms with Gasteiger partial charge in [-0.1, -0.05) is 0 Å². The standard InChI is InChI=1S/C15H20BrN5O4/c1-8-5-20(6-9(2)25-8)10(22)7-21-12-11(17-14(21)16)13(23)19(4)15(24)18(12)3/h8-9H,5-7H2,1-4H3. The van der Waals surface area contributed by atoms with Crippen molar-refractivity contribution in [2.45, 2.75) is 32.6 Å². The van der Waals surface area contributed by atoms with Crippen LogP contribution in [0, 0.1) is 0 Å². The number of aromatic nitrogens is 4. The number of fused-ring (bicyclic) bond motifs is 1. The molecule has 2 unspecified atom stereocenters. The molecule has 0 aromatic carbocycles. The van der Waals surface area contributed by atoms with E-state index in [0.29, 0.717) is 23.5 Å². The van der Waals surface area contributed by atoms with Crippen molar-refractivity contribution in [2.75, 3.05) is 13.1 Å². The van der Waals surface area contributed by atoms with Gasteiger partial charge in [-0.3, -0.25) is 23.3 Å². The van der Waals surface area contributed by atoms with Crippen LogP contribution in [0.4, 0.5) is 0 Å². The molecule has 1 aliphatic rings. The van der Waals surface area contributed by atoms with E-state index in [0.717, 1.165) is 4.57 Å². The first kappa shape index (κ1) is 17.9. The van der Waals surface area contributed by atoms with Crippen LogP contribution in [0.3, 0.4) is 0 Å². The molecule has 3 heterocycles. The topological polar surface area (TPSA) is 91.4 Å². The average Bonchev–Trinajstić information content (AvgIpc) is 2.87. The van der Waals surface area contributed by atoms with Crippen LogP contribution in [0.5, 0.6) is 0 Å². The lowest BCUT2D eigenvalue weighted by atomic mass is 10.2. The third-order valence-electron chi connectivity index (χ3n) is 4.36. The number of amides is 1. The second-order valence-electron chi connectivity index (χ2n) is 6.40. The predicted molar refractivity (Wildman–Crippen MR) is 94.5 cm³/mol. The minimum atomic E-state index is -0.487. The molecule has 1 aliphatic heterocycles. The smallest absolute Gasteiger partial charge is 0.332 e. The molecular weight excluding hydrogens is 394 g/mol. The number of hydrogen-bond acceptors (Lipinski definition) is 5. The third kappa shape index (κ3) is 3.04. The molecule has 1 fully saturated rings. The number of hydrogen-bond donors (Lipinski definition) is 0. The van der Waals surface area contributed by atoms with Crippen LogP contribution in [0.25, 0.3) is 11.2 Å². The van der Waals surface area contributed by atoms with E-state index in [9.17, 15) is 14.4 Å². The molecule has 0 radical (unpaired) electrons. The maximum atomic E-state index is 12.7. The lowest BCUT2D eigenvalue weighted by molar-refractivity contribution is -0.143. The summed E-state index contributed by atoms with van der Waals surface area (Å²) in [5.41, 5.74) is -0.485. The Kier molecular flexibility index (Phi) is 4.58. The van der Waals surface area contributed by atoms with Gasteiger partial charge in [0, 0.05) is 27.2 Å². The van der Waals surface area contributed by atoms with Crippen LogP contribution < -0.4 is 11.2 Å². The molecule has 1 saturated heterocycles. The highest BCUT2D eigenvalue weighted by molar-refractivity contribution is 9.10. The maximum Gasteiger partial charge on any atom is 0.332 e. The first-order valence-electron chi connectivity index (χ1n) is 7.95. The van der Waals surface area contributed by atoms with Gasteiger partial charge in [0.15, 0.2) is 15.9 Å². The largest absolute Gasteiger partial charge is 0.372 e. The van der Waals surface area contributed by atoms with Crippen molar-refractivity contribution in [3.8, 4) is 0 Å². The fraction of sp³-hybridized carbons (Fsp3) is 0.600. The second-order valence-corrected chi connectivity index (χ2v) is 7.11. The number of imidazole rings is 1. The fourth-order valence-electron chi connectivity index (χ4n) is 3.22. The Bertz CT molecular complexity index is 949. The third-order valence-corrected chi connectivity index (χ3v) is 4.96. The molecule has 2 atom stereocenters. The summed E-state index contributed by atoms with van der Waals surface area (Å²) in [7, 11) is 2.96. The molecule has 25 heavy (non-hydrogen) atoms. The maximum absolute atomic E-state index is 12.7. The highest BCUT2D eigenvalue weighted by Gasteiger charge is 2.27. The van der Waals surface area contributed by atoms with Crippen molar-refractivity contribution < 1.29 is 9.53 Å². The summed E-state index contributed by atoms with van der Waals surface area (Å²) in [4.78, 5) is 43.1. The molecule has 0 N–H and O–H groups in total. The van der Waals surface area contributed by atoms with E-state index in [4.69, 9.17) is 4.74 Å². The SMILES string of the molecule is CC1CN(C(=O)Cn2c(Br)nc3c(=O)n(C)c(=O)n(C)c32)CC(C)O1. The van der Waals surface area contributed by atoms with Crippen molar-refractivity contribution in [1.29, 1.82) is 0 Å². The Hall–Kier alpha value is -1.94. The van der Waals surface area contributed by atoms with E-state index in [1.165, 1.54) is 11.6 Å². The van der Waals surface area contributed by atoms with Gasteiger partial charge in [-0.05, 0) is 29.8 Å². The molecule has 0 spiro atoms. The number of aryl methyl sites for hydroxylation is 1. The normalized spacial score (nSPS) is 21.1. The summed E-state index contributed by atoms with van der Waals surface area (Å²) in [6.07, 6.45) is -0.0698. The highest BCUT2D eigenvalue weighted by Crippen LogP contribution is 2.18. The first-order chi connectivity index (χ1) is 11.7. The van der Waals surface area contributed by atoms with Crippen LogP contribution >= 0.6 is 15.9 Å². The summed E-state index contributed by atoms with van der Waals surface area (Å²) in [6, 6.07) is 0. The van der Waals surface area contributed by atoms with Crippen LogP contribution in [-0.2, 0) is 30.2 Å². The van der Waals surface area contributed by atoms with Gasteiger partial charge in [-0.2, -0.15) is 0 Å². The van der Waals surface area contributed by atoms with Gasteiger partial charge < -0.3 is 9.64 Å². The van der Waals surface area contributed by atoms with Crippen molar-refractivity contribution in [1.82, 2.24) is 23.6 Å². The van der Waals surface area contributed by atoms with Crippen LogP contribution in [0.2, 0.25) is 0 Å². The quantitative estimate of drug-likeness (QED) is 0.637. The molecule has 3 rings (SSSR count). The Labute approximate surface area is 151 Å². The number of carbonyl (C=O) groups is 1. The number of morpholine rings is 1. The Balaban J connectivity index is 2.02. The van der Waals surface area contributed by atoms with Crippen molar-refractivity contribution in [3.05, 3.63) is 25.6 Å². The molecule has 9 nitrogen and oxygen atoms in total. The molecular formula is C15H20BrN5O4. The van der Waals surface area contributed by atoms with Gasteiger partial charge in [0.05, 0.1) is 12.2 Å². The van der Waals surface area contributed by atoms with Gasteiger partial charge in [0.1, 0.15) is 6.54 Å². The van der Waals surface area contributed by atoms with Crippen LogP contribution in [-0.4, -0.2) is 54.8 Å². The predicted octanol–water partition coefficient (Wildman–Crippen LogP) is -0.168. The minimum Gasteiger partial charge on any atom is -0.372 e. The number of nitrogens with zero attached hydrogens (tertiary/aromatic N) is 5. The summed E-state index contributed by atoms with van der Waals surface area (Å²) < 4.78 is 9.86. The summed E-state index contributed by atoms with van der Waals surface area (Å²) >= 11 is 3.30. The van der Waals surface area contributed by atoms with Crippen molar-refractivity contribution >= 4 is 33.0 Å². The van der Waals surface area contributed by atoms with Gasteiger partial charge in [-0.15, -0.1) is 0 Å². The van der Waals surface area contributed by atoms with Crippen molar-refractivity contribution in [2.24, 2.45) is 14.1 Å². The number of carbonyl (C=O) groups excluding carboxylic acids is 1. The minimum absolute atomic E-state index is 0.0169. The number of halogens is 1. The fourth-order valence-corrected chi connectivity index (χ4v) is 3.69. The first-order valence-corrected chi connectivity index (χ1v) is 8.75. The Morgan fingerprint density at radius 3 is 2.40 bits per heavy atom. The Morgan fingerprint density at radius 2 is 1.80 bits per heavy atom. The zero-order valence-corrected chi connectivity index (χ0v) is 16.1. The molecule has 1 amide bonds. The molecule has 0 saturated carbocycles. The van der Waals surface area contributed by atoms with E-state index in [1.807, 2.05) is 13.8 Å². The zero-order valence-electron chi connectivity index (χ0n) is 14.5. The summed E-state index contributed by atoms with van der Waals surface area (Å²) in [5.74, 6) is -0.116. The lowest BCUT2D eigenvalue weighted by Gasteiger charge is -2.35. The number of ether oxygens (including phenoxy) is 1. The van der Waals surface area contributed by atoms with Gasteiger partial charge in [-0.25, -0.2) is 9.78 Å². The molecule has 2 aromatic heterocycles. The highest BCUT2D eigenvalue weighted by atomic mass is 79.9. The average molecular weight is 414 g/mol. The van der Waals surface area contributed by atoms with Gasteiger partial charge >= 0.3 is 5.69 Å².